The van der Waals surface area contributed by atoms with Gasteiger partial charge in [0.1, 0.15) is 0 Å². The first-order valence-corrected chi connectivity index (χ1v) is 7.53. The Morgan fingerprint density at radius 2 is 2.18 bits per heavy atom. The summed E-state index contributed by atoms with van der Waals surface area (Å²) < 4.78 is 5.58. The predicted octanol–water partition coefficient (Wildman–Crippen LogP) is 1.94. The van der Waals surface area contributed by atoms with Crippen LogP contribution in [0.3, 0.4) is 0 Å². The van der Waals surface area contributed by atoms with E-state index in [9.17, 15) is 9.59 Å². The molecule has 1 aromatic heterocycles. The van der Waals surface area contributed by atoms with E-state index in [0.29, 0.717) is 36.8 Å². The third-order valence-corrected chi connectivity index (χ3v) is 4.48. The van der Waals surface area contributed by atoms with E-state index in [1.54, 1.807) is 21.9 Å². The zero-order valence-corrected chi connectivity index (χ0v) is 12.5. The third-order valence-electron chi connectivity index (χ3n) is 4.19. The van der Waals surface area contributed by atoms with Crippen LogP contribution in [0.5, 0.6) is 0 Å². The van der Waals surface area contributed by atoms with E-state index < -0.39 is 0 Å². The van der Waals surface area contributed by atoms with Crippen molar-refractivity contribution in [3.63, 3.8) is 0 Å². The first kappa shape index (κ1) is 13.5. The van der Waals surface area contributed by atoms with Crippen LogP contribution in [-0.2, 0) is 0 Å². The average Bonchev–Trinajstić information content (AvgIpc) is 3.05. The molecule has 0 atom stereocenters. The molecule has 22 heavy (non-hydrogen) atoms. The maximum Gasteiger partial charge on any atom is 0.317 e. The van der Waals surface area contributed by atoms with Crippen LogP contribution >= 0.6 is 11.6 Å². The summed E-state index contributed by atoms with van der Waals surface area (Å²) in [6.07, 6.45) is 0. The summed E-state index contributed by atoms with van der Waals surface area (Å²) in [5, 5.41) is 4.07. The van der Waals surface area contributed by atoms with Crippen molar-refractivity contribution in [1.29, 1.82) is 0 Å². The second kappa shape index (κ2) is 4.91. The van der Waals surface area contributed by atoms with Gasteiger partial charge in [-0.2, -0.15) is 0 Å². The van der Waals surface area contributed by atoms with Crippen LogP contribution in [-0.4, -0.2) is 54.0 Å². The maximum atomic E-state index is 12.4. The fraction of sp³-hybridized carbons (Fsp3) is 0.333. The topological polar surface area (TPSA) is 65.8 Å². The molecule has 4 rings (SSSR count). The Balaban J connectivity index is 1.48. The highest BCUT2D eigenvalue weighted by Gasteiger charge is 2.39. The van der Waals surface area contributed by atoms with Gasteiger partial charge in [0, 0.05) is 31.6 Å². The van der Waals surface area contributed by atoms with Crippen LogP contribution in [0.2, 0.25) is 5.02 Å². The molecular weight excluding hydrogens is 306 g/mol. The van der Waals surface area contributed by atoms with Crippen molar-refractivity contribution in [3.8, 4) is 0 Å². The SMILES string of the molecule is O=C(c1cc2cccc(Cl)c2o1)N1CC(N2CCNC2=O)C1. The fourth-order valence-electron chi connectivity index (χ4n) is 2.94. The third kappa shape index (κ3) is 2.02. The lowest BCUT2D eigenvalue weighted by molar-refractivity contribution is 0.0380. The molecule has 0 unspecified atom stereocenters. The quantitative estimate of drug-likeness (QED) is 0.920. The number of furan rings is 1. The second-order valence-corrected chi connectivity index (χ2v) is 5.97. The zero-order chi connectivity index (χ0) is 15.3. The molecule has 0 saturated carbocycles. The van der Waals surface area contributed by atoms with Crippen molar-refractivity contribution < 1.29 is 14.0 Å². The van der Waals surface area contributed by atoms with E-state index >= 15 is 0 Å². The van der Waals surface area contributed by atoms with Gasteiger partial charge >= 0.3 is 6.03 Å². The van der Waals surface area contributed by atoms with Crippen LogP contribution in [0.25, 0.3) is 11.0 Å². The van der Waals surface area contributed by atoms with Gasteiger partial charge in [0.2, 0.25) is 0 Å². The lowest BCUT2D eigenvalue weighted by Gasteiger charge is -2.42. The smallest absolute Gasteiger partial charge is 0.317 e. The summed E-state index contributed by atoms with van der Waals surface area (Å²) >= 11 is 6.06. The molecule has 6 nitrogen and oxygen atoms in total. The second-order valence-electron chi connectivity index (χ2n) is 5.56. The molecule has 0 aliphatic carbocycles. The molecule has 1 aromatic carbocycles. The molecule has 114 valence electrons. The largest absolute Gasteiger partial charge is 0.449 e. The number of benzene rings is 1. The number of carbonyl (C=O) groups is 2. The lowest BCUT2D eigenvalue weighted by atomic mass is 10.1. The van der Waals surface area contributed by atoms with Gasteiger partial charge in [-0.25, -0.2) is 4.79 Å². The van der Waals surface area contributed by atoms with Gasteiger partial charge in [-0.05, 0) is 12.1 Å². The molecule has 2 aliphatic rings. The van der Waals surface area contributed by atoms with Crippen LogP contribution in [0.15, 0.2) is 28.7 Å². The zero-order valence-electron chi connectivity index (χ0n) is 11.7. The summed E-state index contributed by atoms with van der Waals surface area (Å²) in [5.74, 6) is 0.121. The van der Waals surface area contributed by atoms with Gasteiger partial charge in [0.15, 0.2) is 11.3 Å². The number of para-hydroxylation sites is 1. The van der Waals surface area contributed by atoms with E-state index in [2.05, 4.69) is 5.32 Å². The number of nitrogens with zero attached hydrogens (tertiary/aromatic N) is 2. The first-order valence-electron chi connectivity index (χ1n) is 7.15. The molecule has 2 aromatic rings. The minimum Gasteiger partial charge on any atom is -0.449 e. The van der Waals surface area contributed by atoms with Gasteiger partial charge in [0.25, 0.3) is 5.91 Å². The van der Waals surface area contributed by atoms with Crippen LogP contribution in [0, 0.1) is 0 Å². The molecule has 0 bridgehead atoms. The molecule has 1 N–H and O–H groups in total. The number of rotatable bonds is 2. The van der Waals surface area contributed by atoms with E-state index in [1.807, 2.05) is 12.1 Å². The Bertz CT molecular complexity index is 766. The number of fused-ring (bicyclic) bond motifs is 1. The van der Waals surface area contributed by atoms with Crippen LogP contribution in [0.4, 0.5) is 4.79 Å². The van der Waals surface area contributed by atoms with Gasteiger partial charge in [-0.15, -0.1) is 0 Å². The maximum absolute atomic E-state index is 12.4. The van der Waals surface area contributed by atoms with Crippen molar-refractivity contribution in [2.75, 3.05) is 26.2 Å². The number of halogens is 1. The van der Waals surface area contributed by atoms with Gasteiger partial charge in [-0.1, -0.05) is 23.7 Å². The molecule has 3 heterocycles. The summed E-state index contributed by atoms with van der Waals surface area (Å²) in [7, 11) is 0. The highest BCUT2D eigenvalue weighted by atomic mass is 35.5. The molecule has 2 fully saturated rings. The molecule has 3 amide bonds. The Hall–Kier alpha value is -2.21. The summed E-state index contributed by atoms with van der Waals surface area (Å²) in [4.78, 5) is 27.5. The highest BCUT2D eigenvalue weighted by Crippen LogP contribution is 2.28. The van der Waals surface area contributed by atoms with Crippen molar-refractivity contribution >= 4 is 34.5 Å². The minimum atomic E-state index is -0.164. The standard InChI is InChI=1S/C15H14ClN3O3/c16-11-3-1-2-9-6-12(22-13(9)11)14(20)18-7-10(8-18)19-5-4-17-15(19)21/h1-3,6,10H,4-5,7-8H2,(H,17,21). The summed E-state index contributed by atoms with van der Waals surface area (Å²) in [5.41, 5.74) is 0.531. The molecule has 0 radical (unpaired) electrons. The number of nitrogens with one attached hydrogen (secondary N) is 1. The number of carbonyl (C=O) groups excluding carboxylic acids is 2. The van der Waals surface area contributed by atoms with E-state index in [-0.39, 0.29) is 23.7 Å². The summed E-state index contributed by atoms with van der Waals surface area (Å²) in [6.45, 7) is 2.45. The van der Waals surface area contributed by atoms with Crippen molar-refractivity contribution in [1.82, 2.24) is 15.1 Å². The van der Waals surface area contributed by atoms with Gasteiger partial charge in [0.05, 0.1) is 11.1 Å². The molecular formula is C15H14ClN3O3. The Morgan fingerprint density at radius 1 is 1.36 bits per heavy atom. The Labute approximate surface area is 131 Å². The Kier molecular flexibility index (Phi) is 3.00. The number of hydrogen-bond donors (Lipinski definition) is 1. The van der Waals surface area contributed by atoms with E-state index in [1.165, 1.54) is 0 Å². The Morgan fingerprint density at radius 3 is 2.86 bits per heavy atom. The number of likely N-dealkylation sites (tertiary alicyclic amines) is 1. The lowest BCUT2D eigenvalue weighted by Crippen LogP contribution is -2.61. The molecule has 2 aliphatic heterocycles. The molecule has 7 heteroatoms. The molecule has 0 spiro atoms. The first-order chi connectivity index (χ1) is 10.6. The number of urea groups is 1. The van der Waals surface area contributed by atoms with E-state index in [0.717, 1.165) is 5.39 Å². The van der Waals surface area contributed by atoms with Gasteiger partial charge < -0.3 is 19.5 Å². The number of hydrogen-bond acceptors (Lipinski definition) is 3. The van der Waals surface area contributed by atoms with Crippen LogP contribution in [0.1, 0.15) is 10.6 Å². The van der Waals surface area contributed by atoms with E-state index in [4.69, 9.17) is 16.0 Å². The normalized spacial score (nSPS) is 18.7. The highest BCUT2D eigenvalue weighted by molar-refractivity contribution is 6.34. The summed E-state index contributed by atoms with van der Waals surface area (Å²) in [6, 6.07) is 7.16. The van der Waals surface area contributed by atoms with Gasteiger partial charge in [-0.3, -0.25) is 4.79 Å². The van der Waals surface area contributed by atoms with Crippen molar-refractivity contribution in [2.45, 2.75) is 6.04 Å². The monoisotopic (exact) mass is 319 g/mol. The molecule has 2 saturated heterocycles. The minimum absolute atomic E-state index is 0.0485. The van der Waals surface area contributed by atoms with Crippen molar-refractivity contribution in [2.24, 2.45) is 0 Å². The average molecular weight is 320 g/mol. The fourth-order valence-corrected chi connectivity index (χ4v) is 3.16. The van der Waals surface area contributed by atoms with Crippen molar-refractivity contribution in [3.05, 3.63) is 35.0 Å². The predicted molar refractivity (Wildman–Crippen MR) is 81.0 cm³/mol. The number of amides is 3. The van der Waals surface area contributed by atoms with Crippen LogP contribution < -0.4 is 5.32 Å².